The average molecular weight is 251 g/mol. The summed E-state index contributed by atoms with van der Waals surface area (Å²) in [6.45, 7) is 0.632. The van der Waals surface area contributed by atoms with Crippen molar-refractivity contribution in [1.82, 2.24) is 4.90 Å². The van der Waals surface area contributed by atoms with Gasteiger partial charge in [0, 0.05) is 24.2 Å². The van der Waals surface area contributed by atoms with Crippen molar-refractivity contribution in [2.75, 3.05) is 27.8 Å². The van der Waals surface area contributed by atoms with E-state index in [9.17, 15) is 5.11 Å². The van der Waals surface area contributed by atoms with Crippen LogP contribution in [0, 0.1) is 0 Å². The van der Waals surface area contributed by atoms with Gasteiger partial charge in [-0.2, -0.15) is 0 Å². The molecule has 1 aromatic carbocycles. The fourth-order valence-electron chi connectivity index (χ4n) is 2.13. The molecular formula is C14H21NO3. The van der Waals surface area contributed by atoms with Crippen LogP contribution in [0.3, 0.4) is 0 Å². The van der Waals surface area contributed by atoms with Gasteiger partial charge >= 0.3 is 0 Å². The van der Waals surface area contributed by atoms with E-state index in [2.05, 4.69) is 11.9 Å². The Balaban J connectivity index is 2.10. The van der Waals surface area contributed by atoms with Crippen LogP contribution in [-0.2, 0) is 0 Å². The number of aliphatic hydroxyl groups excluding tert-OH is 1. The van der Waals surface area contributed by atoms with E-state index in [0.29, 0.717) is 18.3 Å². The van der Waals surface area contributed by atoms with E-state index in [-0.39, 0.29) is 0 Å². The summed E-state index contributed by atoms with van der Waals surface area (Å²) in [6.07, 6.45) is 1.95. The number of nitrogens with zero attached hydrogens (tertiary/aromatic N) is 1. The van der Waals surface area contributed by atoms with E-state index in [1.54, 1.807) is 20.3 Å². The van der Waals surface area contributed by atoms with Crippen LogP contribution < -0.4 is 9.47 Å². The number of methoxy groups -OCH3 is 2. The minimum absolute atomic E-state index is 0.531. The van der Waals surface area contributed by atoms with Crippen molar-refractivity contribution < 1.29 is 14.6 Å². The van der Waals surface area contributed by atoms with Crippen molar-refractivity contribution in [2.24, 2.45) is 0 Å². The normalized spacial score (nSPS) is 16.7. The Kier molecular flexibility index (Phi) is 4.09. The van der Waals surface area contributed by atoms with Gasteiger partial charge in [-0.05, 0) is 32.0 Å². The molecule has 4 heteroatoms. The maximum absolute atomic E-state index is 10.3. The van der Waals surface area contributed by atoms with Crippen LogP contribution in [0.15, 0.2) is 18.2 Å². The molecule has 0 aliphatic heterocycles. The van der Waals surface area contributed by atoms with Crippen LogP contribution in [0.5, 0.6) is 11.5 Å². The Hall–Kier alpha value is -1.26. The summed E-state index contributed by atoms with van der Waals surface area (Å²) in [7, 11) is 5.28. The molecule has 100 valence electrons. The predicted molar refractivity (Wildman–Crippen MR) is 70.2 cm³/mol. The van der Waals surface area contributed by atoms with Gasteiger partial charge in [-0.1, -0.05) is 0 Å². The van der Waals surface area contributed by atoms with Crippen molar-refractivity contribution in [3.63, 3.8) is 0 Å². The van der Waals surface area contributed by atoms with Crippen molar-refractivity contribution in [1.29, 1.82) is 0 Å². The van der Waals surface area contributed by atoms with Gasteiger partial charge in [-0.25, -0.2) is 0 Å². The minimum atomic E-state index is -0.531. The molecule has 0 radical (unpaired) electrons. The van der Waals surface area contributed by atoms with Crippen LogP contribution in [0.25, 0.3) is 0 Å². The lowest BCUT2D eigenvalue weighted by Crippen LogP contribution is -2.26. The van der Waals surface area contributed by atoms with Gasteiger partial charge in [0.1, 0.15) is 11.5 Å². The standard InChI is InChI=1S/C14H21NO3/c1-15(10-4-5-10)9-13(16)12-7-6-11(17-2)8-14(12)18-3/h6-8,10,13,16H,4-5,9H2,1-3H3. The SMILES string of the molecule is COc1ccc(C(O)CN(C)C2CC2)c(OC)c1. The molecule has 1 saturated carbocycles. The highest BCUT2D eigenvalue weighted by Gasteiger charge is 2.28. The Morgan fingerprint density at radius 3 is 2.61 bits per heavy atom. The zero-order valence-electron chi connectivity index (χ0n) is 11.2. The molecule has 0 heterocycles. The highest BCUT2D eigenvalue weighted by molar-refractivity contribution is 5.42. The van der Waals surface area contributed by atoms with E-state index in [4.69, 9.17) is 9.47 Å². The third kappa shape index (κ3) is 2.94. The summed E-state index contributed by atoms with van der Waals surface area (Å²) in [4.78, 5) is 2.20. The lowest BCUT2D eigenvalue weighted by molar-refractivity contribution is 0.120. The number of likely N-dealkylation sites (N-methyl/N-ethyl adjacent to an activating group) is 1. The second-order valence-electron chi connectivity index (χ2n) is 4.79. The minimum Gasteiger partial charge on any atom is -0.497 e. The molecule has 0 saturated heterocycles. The summed E-state index contributed by atoms with van der Waals surface area (Å²) >= 11 is 0. The summed E-state index contributed by atoms with van der Waals surface area (Å²) in [5.74, 6) is 1.41. The molecule has 1 aliphatic rings. The monoisotopic (exact) mass is 251 g/mol. The Labute approximate surface area is 108 Å². The Morgan fingerprint density at radius 2 is 2.06 bits per heavy atom. The lowest BCUT2D eigenvalue weighted by atomic mass is 10.1. The number of rotatable bonds is 6. The van der Waals surface area contributed by atoms with Gasteiger partial charge in [0.2, 0.25) is 0 Å². The molecule has 4 nitrogen and oxygen atoms in total. The molecule has 1 aromatic rings. The first-order chi connectivity index (χ1) is 8.65. The van der Waals surface area contributed by atoms with Crippen molar-refractivity contribution in [2.45, 2.75) is 25.0 Å². The smallest absolute Gasteiger partial charge is 0.128 e. The van der Waals surface area contributed by atoms with Gasteiger partial charge in [-0.3, -0.25) is 0 Å². The van der Waals surface area contributed by atoms with Crippen LogP contribution >= 0.6 is 0 Å². The maximum atomic E-state index is 10.3. The van der Waals surface area contributed by atoms with Gasteiger partial charge in [0.25, 0.3) is 0 Å². The first-order valence-electron chi connectivity index (χ1n) is 6.26. The molecule has 0 aromatic heterocycles. The molecule has 1 fully saturated rings. The summed E-state index contributed by atoms with van der Waals surface area (Å²) in [6, 6.07) is 6.15. The van der Waals surface area contributed by atoms with Crippen molar-refractivity contribution in [3.8, 4) is 11.5 Å². The third-order valence-corrected chi connectivity index (χ3v) is 3.43. The first kappa shape index (κ1) is 13.2. The molecule has 1 aliphatic carbocycles. The quantitative estimate of drug-likeness (QED) is 0.837. The van der Waals surface area contributed by atoms with Gasteiger partial charge in [0.05, 0.1) is 20.3 Å². The van der Waals surface area contributed by atoms with Gasteiger partial charge in [0.15, 0.2) is 0 Å². The summed E-state index contributed by atoms with van der Waals surface area (Å²) in [5.41, 5.74) is 0.811. The zero-order chi connectivity index (χ0) is 13.1. The van der Waals surface area contributed by atoms with Crippen molar-refractivity contribution >= 4 is 0 Å². The number of benzene rings is 1. The Bertz CT molecular complexity index is 404. The molecule has 0 spiro atoms. The van der Waals surface area contributed by atoms with E-state index in [1.807, 2.05) is 12.1 Å². The summed E-state index contributed by atoms with van der Waals surface area (Å²) < 4.78 is 10.5. The predicted octanol–water partition coefficient (Wildman–Crippen LogP) is 1.83. The number of ether oxygens (including phenoxy) is 2. The molecule has 1 N–H and O–H groups in total. The Morgan fingerprint density at radius 1 is 1.33 bits per heavy atom. The topological polar surface area (TPSA) is 41.9 Å². The van der Waals surface area contributed by atoms with Crippen LogP contribution in [0.2, 0.25) is 0 Å². The fraction of sp³-hybridized carbons (Fsp3) is 0.571. The molecule has 0 bridgehead atoms. The molecule has 0 amide bonds. The highest BCUT2D eigenvalue weighted by Crippen LogP contribution is 2.32. The van der Waals surface area contributed by atoms with E-state index in [0.717, 1.165) is 11.3 Å². The molecule has 1 unspecified atom stereocenters. The third-order valence-electron chi connectivity index (χ3n) is 3.43. The number of hydrogen-bond donors (Lipinski definition) is 1. The van der Waals surface area contributed by atoms with Crippen LogP contribution in [-0.4, -0.2) is 43.9 Å². The van der Waals surface area contributed by atoms with E-state index >= 15 is 0 Å². The number of aliphatic hydroxyl groups is 1. The molecule has 1 atom stereocenters. The van der Waals surface area contributed by atoms with E-state index < -0.39 is 6.10 Å². The van der Waals surface area contributed by atoms with E-state index in [1.165, 1.54) is 12.8 Å². The maximum Gasteiger partial charge on any atom is 0.128 e. The molecule has 18 heavy (non-hydrogen) atoms. The van der Waals surface area contributed by atoms with Crippen LogP contribution in [0.4, 0.5) is 0 Å². The average Bonchev–Trinajstić information content (AvgIpc) is 3.22. The zero-order valence-corrected chi connectivity index (χ0v) is 11.2. The number of hydrogen-bond acceptors (Lipinski definition) is 4. The summed E-state index contributed by atoms with van der Waals surface area (Å²) in [5, 5.41) is 10.3. The van der Waals surface area contributed by atoms with Crippen LogP contribution in [0.1, 0.15) is 24.5 Å². The molecular weight excluding hydrogens is 230 g/mol. The largest absolute Gasteiger partial charge is 0.497 e. The second-order valence-corrected chi connectivity index (χ2v) is 4.79. The first-order valence-corrected chi connectivity index (χ1v) is 6.26. The molecule has 2 rings (SSSR count). The fourth-order valence-corrected chi connectivity index (χ4v) is 2.13. The van der Waals surface area contributed by atoms with Crippen molar-refractivity contribution in [3.05, 3.63) is 23.8 Å². The second kappa shape index (κ2) is 5.59. The van der Waals surface area contributed by atoms with Gasteiger partial charge in [-0.15, -0.1) is 0 Å². The highest BCUT2D eigenvalue weighted by atomic mass is 16.5. The van der Waals surface area contributed by atoms with Gasteiger partial charge < -0.3 is 19.5 Å². The lowest BCUT2D eigenvalue weighted by Gasteiger charge is -2.22.